The Balaban J connectivity index is 2.22. The highest BCUT2D eigenvalue weighted by Gasteiger charge is 2.09. The van der Waals surface area contributed by atoms with Crippen molar-refractivity contribution in [3.8, 4) is 11.5 Å². The van der Waals surface area contributed by atoms with Crippen molar-refractivity contribution in [3.05, 3.63) is 58.1 Å². The maximum atomic E-state index is 11.5. The zero-order valence-electron chi connectivity index (χ0n) is 12.3. The molecule has 0 aliphatic heterocycles. The van der Waals surface area contributed by atoms with Crippen LogP contribution in [0.2, 0.25) is 5.02 Å². The summed E-state index contributed by atoms with van der Waals surface area (Å²) >= 11 is 6.14. The molecular formula is C17H17ClO3. The summed E-state index contributed by atoms with van der Waals surface area (Å²) < 4.78 is 11.0. The number of hydrogen-bond donors (Lipinski definition) is 0. The minimum absolute atomic E-state index is 0.00673. The van der Waals surface area contributed by atoms with Crippen molar-refractivity contribution in [2.75, 3.05) is 7.11 Å². The van der Waals surface area contributed by atoms with Crippen LogP contribution in [0.15, 0.2) is 36.4 Å². The van der Waals surface area contributed by atoms with Crippen LogP contribution in [0.4, 0.5) is 0 Å². The van der Waals surface area contributed by atoms with Gasteiger partial charge in [0.05, 0.1) is 12.1 Å². The summed E-state index contributed by atoms with van der Waals surface area (Å²) in [6, 6.07) is 10.9. The van der Waals surface area contributed by atoms with Crippen molar-refractivity contribution >= 4 is 17.4 Å². The van der Waals surface area contributed by atoms with Gasteiger partial charge in [-0.25, -0.2) is 0 Å². The number of benzene rings is 2. The smallest absolute Gasteiger partial charge is 0.159 e. The van der Waals surface area contributed by atoms with Gasteiger partial charge in [-0.1, -0.05) is 17.7 Å². The van der Waals surface area contributed by atoms with Gasteiger partial charge in [0.2, 0.25) is 0 Å². The summed E-state index contributed by atoms with van der Waals surface area (Å²) in [7, 11) is 1.59. The van der Waals surface area contributed by atoms with Crippen molar-refractivity contribution in [3.63, 3.8) is 0 Å². The minimum atomic E-state index is 0.00673. The van der Waals surface area contributed by atoms with Crippen LogP contribution in [-0.2, 0) is 6.61 Å². The number of hydrogen-bond acceptors (Lipinski definition) is 3. The number of carbonyl (C=O) groups is 1. The first-order valence-corrected chi connectivity index (χ1v) is 6.96. The van der Waals surface area contributed by atoms with Gasteiger partial charge in [-0.3, -0.25) is 4.79 Å². The fraction of sp³-hybridized carbons (Fsp3) is 0.235. The van der Waals surface area contributed by atoms with Crippen LogP contribution < -0.4 is 9.47 Å². The molecule has 0 atom stereocenters. The lowest BCUT2D eigenvalue weighted by molar-refractivity contribution is 0.101. The van der Waals surface area contributed by atoms with E-state index in [1.807, 2.05) is 25.1 Å². The number of methoxy groups -OCH3 is 1. The van der Waals surface area contributed by atoms with E-state index in [0.29, 0.717) is 22.1 Å². The Morgan fingerprint density at radius 2 is 1.86 bits per heavy atom. The molecule has 0 aliphatic rings. The lowest BCUT2D eigenvalue weighted by Gasteiger charge is -2.12. The molecule has 0 saturated carbocycles. The van der Waals surface area contributed by atoms with Gasteiger partial charge in [-0.15, -0.1) is 0 Å². The topological polar surface area (TPSA) is 35.5 Å². The lowest BCUT2D eigenvalue weighted by Crippen LogP contribution is -2.02. The maximum absolute atomic E-state index is 11.5. The summed E-state index contributed by atoms with van der Waals surface area (Å²) in [5.41, 5.74) is 2.51. The monoisotopic (exact) mass is 304 g/mol. The zero-order chi connectivity index (χ0) is 15.4. The predicted octanol–water partition coefficient (Wildman–Crippen LogP) is 4.44. The third-order valence-corrected chi connectivity index (χ3v) is 3.45. The molecule has 2 aromatic rings. The fourth-order valence-electron chi connectivity index (χ4n) is 1.99. The number of ether oxygens (including phenoxy) is 2. The van der Waals surface area contributed by atoms with Crippen LogP contribution in [0.1, 0.15) is 28.4 Å². The summed E-state index contributed by atoms with van der Waals surface area (Å²) in [5.74, 6) is 1.30. The van der Waals surface area contributed by atoms with Crippen LogP contribution in [-0.4, -0.2) is 12.9 Å². The second-order valence-electron chi connectivity index (χ2n) is 4.81. The zero-order valence-corrected chi connectivity index (χ0v) is 13.0. The SMILES string of the molecule is COc1ccc(C(C)=O)cc1COc1ccc(C)cc1Cl. The molecule has 0 aromatic heterocycles. The van der Waals surface area contributed by atoms with Crippen molar-refractivity contribution in [2.45, 2.75) is 20.5 Å². The van der Waals surface area contributed by atoms with E-state index >= 15 is 0 Å². The Morgan fingerprint density at radius 3 is 2.48 bits per heavy atom. The van der Waals surface area contributed by atoms with Crippen LogP contribution in [0.25, 0.3) is 0 Å². The molecule has 21 heavy (non-hydrogen) atoms. The molecule has 0 N–H and O–H groups in total. The van der Waals surface area contributed by atoms with Crippen LogP contribution in [0, 0.1) is 6.92 Å². The molecule has 0 bridgehead atoms. The third-order valence-electron chi connectivity index (χ3n) is 3.16. The molecule has 0 aliphatic carbocycles. The molecule has 3 nitrogen and oxygen atoms in total. The summed E-state index contributed by atoms with van der Waals surface area (Å²) in [5, 5.41) is 0.566. The fourth-order valence-corrected chi connectivity index (χ4v) is 2.28. The molecule has 0 radical (unpaired) electrons. The first-order valence-electron chi connectivity index (χ1n) is 6.58. The number of rotatable bonds is 5. The molecule has 0 heterocycles. The molecule has 110 valence electrons. The van der Waals surface area contributed by atoms with Gasteiger partial charge in [-0.2, -0.15) is 0 Å². The quantitative estimate of drug-likeness (QED) is 0.766. The van der Waals surface area contributed by atoms with E-state index in [1.54, 1.807) is 25.3 Å². The van der Waals surface area contributed by atoms with Gasteiger partial charge in [0, 0.05) is 11.1 Å². The Bertz CT molecular complexity index is 665. The lowest BCUT2D eigenvalue weighted by atomic mass is 10.1. The molecule has 2 aromatic carbocycles. The normalized spacial score (nSPS) is 10.3. The first kappa shape index (κ1) is 15.4. The van der Waals surface area contributed by atoms with E-state index in [4.69, 9.17) is 21.1 Å². The van der Waals surface area contributed by atoms with E-state index in [1.165, 1.54) is 6.92 Å². The molecule has 4 heteroatoms. The highest BCUT2D eigenvalue weighted by atomic mass is 35.5. The molecule has 0 unspecified atom stereocenters. The predicted molar refractivity (Wildman–Crippen MR) is 83.5 cm³/mol. The van der Waals surface area contributed by atoms with E-state index in [2.05, 4.69) is 0 Å². The Hall–Kier alpha value is -2.00. The van der Waals surface area contributed by atoms with Gasteiger partial charge >= 0.3 is 0 Å². The minimum Gasteiger partial charge on any atom is -0.496 e. The molecule has 0 fully saturated rings. The maximum Gasteiger partial charge on any atom is 0.159 e. The standard InChI is InChI=1S/C17H17ClO3/c1-11-4-6-17(15(18)8-11)21-10-14-9-13(12(2)19)5-7-16(14)20-3/h4-9H,10H2,1-3H3. The summed E-state index contributed by atoms with van der Waals surface area (Å²) in [4.78, 5) is 11.5. The number of ketones is 1. The molecule has 0 spiro atoms. The number of carbonyl (C=O) groups excluding carboxylic acids is 1. The molecule has 0 saturated heterocycles. The number of aryl methyl sites for hydroxylation is 1. The van der Waals surface area contributed by atoms with Crippen molar-refractivity contribution in [2.24, 2.45) is 0 Å². The second-order valence-corrected chi connectivity index (χ2v) is 5.21. The first-order chi connectivity index (χ1) is 10.0. The van der Waals surface area contributed by atoms with Gasteiger partial charge in [0.1, 0.15) is 18.1 Å². The van der Waals surface area contributed by atoms with Gasteiger partial charge in [0.15, 0.2) is 5.78 Å². The van der Waals surface area contributed by atoms with Crippen LogP contribution in [0.5, 0.6) is 11.5 Å². The summed E-state index contributed by atoms with van der Waals surface area (Å²) in [6.07, 6.45) is 0. The van der Waals surface area contributed by atoms with Gasteiger partial charge < -0.3 is 9.47 Å². The largest absolute Gasteiger partial charge is 0.496 e. The Labute approximate surface area is 129 Å². The Morgan fingerprint density at radius 1 is 1.14 bits per heavy atom. The average molecular weight is 305 g/mol. The third kappa shape index (κ3) is 3.76. The number of Topliss-reactive ketones (excluding diaryl/α,β-unsaturated/α-hetero) is 1. The van der Waals surface area contributed by atoms with Crippen molar-refractivity contribution in [1.82, 2.24) is 0 Å². The van der Waals surface area contributed by atoms with Crippen molar-refractivity contribution < 1.29 is 14.3 Å². The van der Waals surface area contributed by atoms with Gasteiger partial charge in [-0.05, 0) is 49.7 Å². The second kappa shape index (κ2) is 6.64. The summed E-state index contributed by atoms with van der Waals surface area (Å²) in [6.45, 7) is 3.78. The molecule has 0 amide bonds. The Kier molecular flexibility index (Phi) is 4.86. The van der Waals surface area contributed by atoms with Crippen LogP contribution in [0.3, 0.4) is 0 Å². The van der Waals surface area contributed by atoms with E-state index < -0.39 is 0 Å². The molecule has 2 rings (SSSR count). The highest BCUT2D eigenvalue weighted by molar-refractivity contribution is 6.32. The molecular weight excluding hydrogens is 288 g/mol. The highest BCUT2D eigenvalue weighted by Crippen LogP contribution is 2.28. The van der Waals surface area contributed by atoms with E-state index in [0.717, 1.165) is 11.1 Å². The number of halogens is 1. The van der Waals surface area contributed by atoms with Gasteiger partial charge in [0.25, 0.3) is 0 Å². The van der Waals surface area contributed by atoms with Crippen LogP contribution >= 0.6 is 11.6 Å². The van der Waals surface area contributed by atoms with E-state index in [-0.39, 0.29) is 12.4 Å². The van der Waals surface area contributed by atoms with Crippen molar-refractivity contribution in [1.29, 1.82) is 0 Å². The van der Waals surface area contributed by atoms with E-state index in [9.17, 15) is 4.79 Å². The average Bonchev–Trinajstić information content (AvgIpc) is 2.46.